The van der Waals surface area contributed by atoms with Gasteiger partial charge in [0.05, 0.1) is 12.2 Å². The van der Waals surface area contributed by atoms with Gasteiger partial charge in [-0.2, -0.15) is 0 Å². The van der Waals surface area contributed by atoms with Crippen LogP contribution in [0.3, 0.4) is 0 Å². The van der Waals surface area contributed by atoms with Crippen LogP contribution in [0.2, 0.25) is 0 Å². The number of aromatic amines is 2. The number of pyridine rings is 1. The number of amides is 1. The summed E-state index contributed by atoms with van der Waals surface area (Å²) in [6.07, 6.45) is 5.11. The maximum absolute atomic E-state index is 11.8. The molecule has 0 saturated carbocycles. The molecule has 0 aliphatic heterocycles. The van der Waals surface area contributed by atoms with E-state index in [4.69, 9.17) is 9.90 Å². The van der Waals surface area contributed by atoms with Gasteiger partial charge in [-0.3, -0.25) is 9.59 Å². The first-order valence-electron chi connectivity index (χ1n) is 6.62. The Bertz CT molecular complexity index is 877. The molecule has 0 aliphatic carbocycles. The molecular formula is C14H15N5O4. The Morgan fingerprint density at radius 2 is 2.26 bits per heavy atom. The lowest BCUT2D eigenvalue weighted by Crippen LogP contribution is -2.23. The minimum absolute atomic E-state index is 0.204. The normalized spacial score (nSPS) is 9.96. The first-order chi connectivity index (χ1) is 11.0. The minimum atomic E-state index is -0.404. The third-order valence-electron chi connectivity index (χ3n) is 3.00. The van der Waals surface area contributed by atoms with Crippen LogP contribution < -0.4 is 11.0 Å². The lowest BCUT2D eigenvalue weighted by molar-refractivity contribution is -0.122. The molecule has 3 aromatic rings. The number of carboxylic acid groups (broad SMARTS) is 1. The number of hydrogen-bond acceptors (Lipinski definition) is 4. The van der Waals surface area contributed by atoms with Crippen molar-refractivity contribution in [2.45, 2.75) is 13.5 Å². The molecule has 3 aromatic heterocycles. The zero-order valence-electron chi connectivity index (χ0n) is 12.2. The lowest BCUT2D eigenvalue weighted by atomic mass is 10.3. The highest BCUT2D eigenvalue weighted by Gasteiger charge is 2.09. The van der Waals surface area contributed by atoms with Gasteiger partial charge < -0.3 is 24.8 Å². The lowest BCUT2D eigenvalue weighted by Gasteiger charge is -1.99. The molecule has 0 unspecified atom stereocenters. The van der Waals surface area contributed by atoms with Crippen molar-refractivity contribution in [3.63, 3.8) is 0 Å². The van der Waals surface area contributed by atoms with E-state index >= 15 is 0 Å². The van der Waals surface area contributed by atoms with Gasteiger partial charge in [0.25, 0.3) is 12.4 Å². The maximum atomic E-state index is 11.8. The standard InChI is InChI=1S/C13H13N5O2.CH2O2/c1-8-3-2-4-18-7-9(16-11(8)18)5-14-12(19)10-6-15-13(20)17-10;2-1-3/h2-4,6-7H,5H2,1H3,(H,14,19)(H2,15,17,20);1H,(H,2,3). The number of H-pyrrole nitrogens is 2. The van der Waals surface area contributed by atoms with Crippen LogP contribution in [0.4, 0.5) is 0 Å². The van der Waals surface area contributed by atoms with E-state index in [1.54, 1.807) is 0 Å². The molecule has 0 aliphatic rings. The average molecular weight is 317 g/mol. The molecule has 3 rings (SSSR count). The van der Waals surface area contributed by atoms with Crippen molar-refractivity contribution >= 4 is 18.0 Å². The monoisotopic (exact) mass is 317 g/mol. The zero-order valence-corrected chi connectivity index (χ0v) is 12.2. The maximum Gasteiger partial charge on any atom is 0.323 e. The molecule has 0 aromatic carbocycles. The summed E-state index contributed by atoms with van der Waals surface area (Å²) in [5.74, 6) is -0.350. The Hall–Kier alpha value is -3.36. The summed E-state index contributed by atoms with van der Waals surface area (Å²) < 4.78 is 1.91. The molecule has 120 valence electrons. The second-order valence-electron chi connectivity index (χ2n) is 4.60. The number of aromatic nitrogens is 4. The summed E-state index contributed by atoms with van der Waals surface area (Å²) >= 11 is 0. The third-order valence-corrected chi connectivity index (χ3v) is 3.00. The summed E-state index contributed by atoms with van der Waals surface area (Å²) in [7, 11) is 0. The predicted molar refractivity (Wildman–Crippen MR) is 81.2 cm³/mol. The van der Waals surface area contributed by atoms with Crippen molar-refractivity contribution in [3.8, 4) is 0 Å². The third kappa shape index (κ3) is 3.84. The molecule has 9 nitrogen and oxygen atoms in total. The van der Waals surface area contributed by atoms with Gasteiger partial charge in [0.15, 0.2) is 0 Å². The summed E-state index contributed by atoms with van der Waals surface area (Å²) in [5.41, 5.74) is 2.49. The van der Waals surface area contributed by atoms with Gasteiger partial charge in [0.2, 0.25) is 0 Å². The Labute approximate surface area is 130 Å². The van der Waals surface area contributed by atoms with Gasteiger partial charge in [0, 0.05) is 18.6 Å². The van der Waals surface area contributed by atoms with Crippen molar-refractivity contribution < 1.29 is 14.7 Å². The Kier molecular flexibility index (Phi) is 4.92. The van der Waals surface area contributed by atoms with Crippen LogP contribution in [0.5, 0.6) is 0 Å². The SMILES string of the molecule is Cc1cccn2cc(CNC(=O)c3c[nH]c(=O)[nH]3)nc12.O=CO. The second-order valence-corrected chi connectivity index (χ2v) is 4.60. The minimum Gasteiger partial charge on any atom is -0.483 e. The van der Waals surface area contributed by atoms with Crippen LogP contribution in [-0.2, 0) is 11.3 Å². The summed E-state index contributed by atoms with van der Waals surface area (Å²) in [6, 6.07) is 3.92. The molecule has 0 spiro atoms. The van der Waals surface area contributed by atoms with Crippen LogP contribution in [-0.4, -0.2) is 36.8 Å². The van der Waals surface area contributed by atoms with Crippen LogP contribution in [0.1, 0.15) is 21.7 Å². The van der Waals surface area contributed by atoms with E-state index in [-0.39, 0.29) is 18.1 Å². The van der Waals surface area contributed by atoms with Gasteiger partial charge in [-0.1, -0.05) is 6.07 Å². The molecule has 0 fully saturated rings. The van der Waals surface area contributed by atoms with Crippen molar-refractivity contribution in [1.29, 1.82) is 0 Å². The molecule has 0 atom stereocenters. The predicted octanol–water partition coefficient (Wildman–Crippen LogP) is 0.290. The number of hydrogen-bond donors (Lipinski definition) is 4. The van der Waals surface area contributed by atoms with Gasteiger partial charge in [-0.05, 0) is 18.6 Å². The first kappa shape index (κ1) is 16.0. The van der Waals surface area contributed by atoms with Gasteiger partial charge in [0.1, 0.15) is 11.3 Å². The van der Waals surface area contributed by atoms with Crippen LogP contribution in [0.25, 0.3) is 5.65 Å². The highest BCUT2D eigenvalue weighted by Crippen LogP contribution is 2.09. The Balaban J connectivity index is 0.000000595. The van der Waals surface area contributed by atoms with E-state index in [9.17, 15) is 9.59 Å². The van der Waals surface area contributed by atoms with Gasteiger partial charge in [-0.25, -0.2) is 9.78 Å². The first-order valence-corrected chi connectivity index (χ1v) is 6.62. The van der Waals surface area contributed by atoms with Crippen LogP contribution >= 0.6 is 0 Å². The second kappa shape index (κ2) is 7.07. The number of fused-ring (bicyclic) bond motifs is 1. The number of carbonyl (C=O) groups excluding carboxylic acids is 1. The number of nitrogens with zero attached hydrogens (tertiary/aromatic N) is 2. The van der Waals surface area contributed by atoms with Crippen molar-refractivity contribution in [2.24, 2.45) is 0 Å². The molecule has 1 amide bonds. The molecule has 9 heteroatoms. The summed E-state index contributed by atoms with van der Waals surface area (Å²) in [5, 5.41) is 9.59. The molecule has 0 bridgehead atoms. The molecule has 23 heavy (non-hydrogen) atoms. The van der Waals surface area contributed by atoms with Gasteiger partial charge in [-0.15, -0.1) is 0 Å². The van der Waals surface area contributed by atoms with E-state index < -0.39 is 5.69 Å². The zero-order chi connectivity index (χ0) is 16.8. The number of nitrogens with one attached hydrogen (secondary N) is 3. The molecular weight excluding hydrogens is 302 g/mol. The van der Waals surface area contributed by atoms with E-state index in [1.165, 1.54) is 6.20 Å². The van der Waals surface area contributed by atoms with Crippen molar-refractivity contribution in [1.82, 2.24) is 24.7 Å². The topological polar surface area (TPSA) is 132 Å². The molecule has 0 saturated heterocycles. The smallest absolute Gasteiger partial charge is 0.323 e. The number of aryl methyl sites for hydroxylation is 1. The van der Waals surface area contributed by atoms with Crippen LogP contribution in [0.15, 0.2) is 35.5 Å². The van der Waals surface area contributed by atoms with E-state index in [0.717, 1.165) is 16.9 Å². The largest absolute Gasteiger partial charge is 0.483 e. The summed E-state index contributed by atoms with van der Waals surface area (Å²) in [6.45, 7) is 2.03. The fourth-order valence-corrected chi connectivity index (χ4v) is 2.01. The number of carbonyl (C=O) groups is 2. The average Bonchev–Trinajstić information content (AvgIpc) is 3.12. The van der Waals surface area contributed by atoms with Crippen molar-refractivity contribution in [3.05, 3.63) is 58.2 Å². The number of imidazole rings is 2. The number of rotatable bonds is 3. The van der Waals surface area contributed by atoms with E-state index in [2.05, 4.69) is 20.3 Å². The van der Waals surface area contributed by atoms with E-state index in [1.807, 2.05) is 35.9 Å². The quantitative estimate of drug-likeness (QED) is 0.515. The summed E-state index contributed by atoms with van der Waals surface area (Å²) in [4.78, 5) is 40.3. The molecule has 4 N–H and O–H groups in total. The Morgan fingerprint density at radius 3 is 2.87 bits per heavy atom. The fourth-order valence-electron chi connectivity index (χ4n) is 2.01. The van der Waals surface area contributed by atoms with Crippen LogP contribution in [0, 0.1) is 6.92 Å². The van der Waals surface area contributed by atoms with Crippen molar-refractivity contribution in [2.75, 3.05) is 0 Å². The van der Waals surface area contributed by atoms with E-state index in [0.29, 0.717) is 6.54 Å². The highest BCUT2D eigenvalue weighted by atomic mass is 16.3. The fraction of sp³-hybridized carbons (Fsp3) is 0.143. The Morgan fingerprint density at radius 1 is 1.52 bits per heavy atom. The molecule has 0 radical (unpaired) electrons. The van der Waals surface area contributed by atoms with Gasteiger partial charge >= 0.3 is 5.69 Å². The molecule has 3 heterocycles. The highest BCUT2D eigenvalue weighted by molar-refractivity contribution is 5.91.